The molecule has 28 heavy (non-hydrogen) atoms. The molecule has 2 aromatic carbocycles. The molecular weight excluding hydrogens is 360 g/mol. The molecule has 2 aromatic rings. The predicted molar refractivity (Wildman–Crippen MR) is 101 cm³/mol. The van der Waals surface area contributed by atoms with Crippen molar-refractivity contribution in [1.82, 2.24) is 0 Å². The van der Waals surface area contributed by atoms with Crippen LogP contribution in [0, 0.1) is 0 Å². The highest BCUT2D eigenvalue weighted by molar-refractivity contribution is 5.91. The summed E-state index contributed by atoms with van der Waals surface area (Å²) in [6.07, 6.45) is 3.43. The standard InChI is InChI=1S/C22H20O6/c23-13-15-1-5-17(6-2-15)21(25)27-19-9-11-20(12-10-19)28-22(26)18-7-3-16(14-24)4-8-18/h1-8,13-14,19-20H,9-12H2. The summed E-state index contributed by atoms with van der Waals surface area (Å²) in [5.74, 6) is -0.846. The normalized spacial score (nSPS) is 18.7. The van der Waals surface area contributed by atoms with Gasteiger partial charge in [0.05, 0.1) is 11.1 Å². The number of benzene rings is 2. The van der Waals surface area contributed by atoms with Crippen molar-refractivity contribution in [2.75, 3.05) is 0 Å². The van der Waals surface area contributed by atoms with Gasteiger partial charge in [-0.2, -0.15) is 0 Å². The number of aldehydes is 2. The highest BCUT2D eigenvalue weighted by Gasteiger charge is 2.27. The molecule has 0 aromatic heterocycles. The van der Waals surface area contributed by atoms with Gasteiger partial charge in [-0.25, -0.2) is 9.59 Å². The number of esters is 2. The molecule has 6 heteroatoms. The Morgan fingerprint density at radius 3 is 1.25 bits per heavy atom. The minimum atomic E-state index is -0.423. The molecule has 1 aliphatic carbocycles. The molecule has 0 spiro atoms. The molecule has 0 unspecified atom stereocenters. The molecule has 6 nitrogen and oxygen atoms in total. The molecule has 0 bridgehead atoms. The summed E-state index contributed by atoms with van der Waals surface area (Å²) in [5, 5.41) is 0. The highest BCUT2D eigenvalue weighted by Crippen LogP contribution is 2.25. The minimum absolute atomic E-state index is 0.222. The average molecular weight is 380 g/mol. The van der Waals surface area contributed by atoms with Gasteiger partial charge in [-0.15, -0.1) is 0 Å². The zero-order valence-corrected chi connectivity index (χ0v) is 15.2. The number of hydrogen-bond donors (Lipinski definition) is 0. The van der Waals surface area contributed by atoms with E-state index in [2.05, 4.69) is 0 Å². The molecular formula is C22H20O6. The van der Waals surface area contributed by atoms with Crippen LogP contribution in [0.4, 0.5) is 0 Å². The Kier molecular flexibility index (Phi) is 6.32. The molecule has 0 amide bonds. The Balaban J connectivity index is 1.46. The van der Waals surface area contributed by atoms with E-state index < -0.39 is 11.9 Å². The van der Waals surface area contributed by atoms with Crippen LogP contribution in [0.15, 0.2) is 48.5 Å². The van der Waals surface area contributed by atoms with E-state index in [1.165, 1.54) is 0 Å². The van der Waals surface area contributed by atoms with Crippen LogP contribution in [0.5, 0.6) is 0 Å². The molecule has 3 rings (SSSR count). The molecule has 0 aliphatic heterocycles. The van der Waals surface area contributed by atoms with Crippen LogP contribution in [0.3, 0.4) is 0 Å². The first kappa shape index (κ1) is 19.5. The molecule has 0 heterocycles. The summed E-state index contributed by atoms with van der Waals surface area (Å²) >= 11 is 0. The van der Waals surface area contributed by atoms with Gasteiger partial charge in [-0.05, 0) is 49.9 Å². The molecule has 0 atom stereocenters. The number of ether oxygens (including phenoxy) is 2. The van der Waals surface area contributed by atoms with Crippen molar-refractivity contribution in [2.24, 2.45) is 0 Å². The lowest BCUT2D eigenvalue weighted by atomic mass is 9.94. The largest absolute Gasteiger partial charge is 0.459 e. The van der Waals surface area contributed by atoms with Gasteiger partial charge < -0.3 is 9.47 Å². The molecule has 1 saturated carbocycles. The van der Waals surface area contributed by atoms with Gasteiger partial charge in [-0.3, -0.25) is 9.59 Å². The van der Waals surface area contributed by atoms with Crippen LogP contribution in [0.1, 0.15) is 67.1 Å². The molecule has 1 fully saturated rings. The molecule has 0 N–H and O–H groups in total. The summed E-state index contributed by atoms with van der Waals surface area (Å²) in [6.45, 7) is 0. The lowest BCUT2D eigenvalue weighted by Crippen LogP contribution is -2.29. The van der Waals surface area contributed by atoms with E-state index in [4.69, 9.17) is 9.47 Å². The third kappa shape index (κ3) is 4.91. The van der Waals surface area contributed by atoms with Gasteiger partial charge >= 0.3 is 11.9 Å². The van der Waals surface area contributed by atoms with Gasteiger partial charge in [0.25, 0.3) is 0 Å². The first-order valence-electron chi connectivity index (χ1n) is 9.11. The summed E-state index contributed by atoms with van der Waals surface area (Å²) in [4.78, 5) is 45.7. The van der Waals surface area contributed by atoms with Crippen LogP contribution in [-0.4, -0.2) is 36.7 Å². The van der Waals surface area contributed by atoms with Crippen molar-refractivity contribution in [2.45, 2.75) is 37.9 Å². The van der Waals surface area contributed by atoms with Crippen LogP contribution in [0.25, 0.3) is 0 Å². The second-order valence-corrected chi connectivity index (χ2v) is 6.69. The number of carbonyl (C=O) groups is 4. The number of rotatable bonds is 6. The van der Waals surface area contributed by atoms with Crippen molar-refractivity contribution in [3.63, 3.8) is 0 Å². The van der Waals surface area contributed by atoms with Gasteiger partial charge in [0.2, 0.25) is 0 Å². The Hall–Kier alpha value is -3.28. The second kappa shape index (κ2) is 9.08. The topological polar surface area (TPSA) is 86.7 Å². The van der Waals surface area contributed by atoms with E-state index in [0.717, 1.165) is 0 Å². The summed E-state index contributed by atoms with van der Waals surface area (Å²) in [7, 11) is 0. The Morgan fingerprint density at radius 1 is 0.643 bits per heavy atom. The van der Waals surface area contributed by atoms with Crippen molar-refractivity contribution < 1.29 is 28.7 Å². The van der Waals surface area contributed by atoms with Crippen molar-refractivity contribution >= 4 is 24.5 Å². The Labute approximate surface area is 162 Å². The third-order valence-electron chi connectivity index (χ3n) is 4.73. The van der Waals surface area contributed by atoms with Crippen LogP contribution in [0.2, 0.25) is 0 Å². The van der Waals surface area contributed by atoms with E-state index in [9.17, 15) is 19.2 Å². The Morgan fingerprint density at radius 2 is 0.964 bits per heavy atom. The summed E-state index contributed by atoms with van der Waals surface area (Å²) in [6, 6.07) is 12.5. The smallest absolute Gasteiger partial charge is 0.338 e. The molecule has 1 aliphatic rings. The van der Waals surface area contributed by atoms with E-state index in [1.54, 1.807) is 48.5 Å². The van der Waals surface area contributed by atoms with Gasteiger partial charge in [0.1, 0.15) is 24.8 Å². The van der Waals surface area contributed by atoms with Gasteiger partial charge in [0.15, 0.2) is 0 Å². The Bertz CT molecular complexity index is 772. The fourth-order valence-corrected chi connectivity index (χ4v) is 3.10. The highest BCUT2D eigenvalue weighted by atomic mass is 16.6. The van der Waals surface area contributed by atoms with Crippen LogP contribution >= 0.6 is 0 Å². The zero-order chi connectivity index (χ0) is 19.9. The predicted octanol–water partition coefficient (Wildman–Crippen LogP) is 3.64. The van der Waals surface area contributed by atoms with Gasteiger partial charge in [-0.1, -0.05) is 24.3 Å². The minimum Gasteiger partial charge on any atom is -0.459 e. The summed E-state index contributed by atoms with van der Waals surface area (Å²) < 4.78 is 11.0. The third-order valence-corrected chi connectivity index (χ3v) is 4.73. The first-order valence-corrected chi connectivity index (χ1v) is 9.11. The first-order chi connectivity index (χ1) is 13.6. The second-order valence-electron chi connectivity index (χ2n) is 6.69. The van der Waals surface area contributed by atoms with Crippen LogP contribution in [-0.2, 0) is 9.47 Å². The summed E-state index contributed by atoms with van der Waals surface area (Å²) in [5.41, 5.74) is 1.80. The zero-order valence-electron chi connectivity index (χ0n) is 15.2. The van der Waals surface area contributed by atoms with Crippen molar-refractivity contribution in [3.8, 4) is 0 Å². The molecule has 0 saturated heterocycles. The fraction of sp³-hybridized carbons (Fsp3) is 0.273. The van der Waals surface area contributed by atoms with Crippen molar-refractivity contribution in [3.05, 3.63) is 70.8 Å². The maximum Gasteiger partial charge on any atom is 0.338 e. The monoisotopic (exact) mass is 380 g/mol. The lowest BCUT2D eigenvalue weighted by Gasteiger charge is -2.28. The van der Waals surface area contributed by atoms with Crippen molar-refractivity contribution in [1.29, 1.82) is 0 Å². The quantitative estimate of drug-likeness (QED) is 0.562. The lowest BCUT2D eigenvalue weighted by molar-refractivity contribution is -0.0108. The SMILES string of the molecule is O=Cc1ccc(C(=O)OC2CCC(OC(=O)c3ccc(C=O)cc3)CC2)cc1. The number of carbonyl (C=O) groups excluding carboxylic acids is 4. The van der Waals surface area contributed by atoms with Gasteiger partial charge in [0, 0.05) is 11.1 Å². The maximum atomic E-state index is 12.2. The number of hydrogen-bond acceptors (Lipinski definition) is 6. The van der Waals surface area contributed by atoms with E-state index >= 15 is 0 Å². The van der Waals surface area contributed by atoms with E-state index in [0.29, 0.717) is 60.5 Å². The fourth-order valence-electron chi connectivity index (χ4n) is 3.10. The average Bonchev–Trinajstić information content (AvgIpc) is 2.75. The molecule has 144 valence electrons. The molecule has 0 radical (unpaired) electrons. The maximum absolute atomic E-state index is 12.2. The van der Waals surface area contributed by atoms with Crippen LogP contribution < -0.4 is 0 Å². The van der Waals surface area contributed by atoms with E-state index in [1.807, 2.05) is 0 Å². The van der Waals surface area contributed by atoms with E-state index in [-0.39, 0.29) is 12.2 Å².